The van der Waals surface area contributed by atoms with Crippen LogP contribution in [0.15, 0.2) is 46.2 Å². The van der Waals surface area contributed by atoms with Crippen molar-refractivity contribution in [3.8, 4) is 11.5 Å². The number of benzene rings is 2. The molecule has 2 heterocycles. The summed E-state index contributed by atoms with van der Waals surface area (Å²) in [4.78, 5) is 28.5. The van der Waals surface area contributed by atoms with Crippen molar-refractivity contribution >= 4 is 45.0 Å². The number of carbonyl (C=O) groups is 2. The second-order valence-corrected chi connectivity index (χ2v) is 11.5. The largest absolute Gasteiger partial charge is 0.493 e. The Morgan fingerprint density at radius 1 is 1.09 bits per heavy atom. The number of amides is 2. The number of fused-ring (bicyclic) bond motifs is 1. The molecule has 9 nitrogen and oxygen atoms in total. The second-order valence-electron chi connectivity index (χ2n) is 8.50. The molecule has 0 aliphatic carbocycles. The average molecular weight is 520 g/mol. The molecule has 2 aliphatic heterocycles. The van der Waals surface area contributed by atoms with E-state index in [1.165, 1.54) is 41.3 Å². The molecule has 2 aromatic rings. The third-order valence-electron chi connectivity index (χ3n) is 6.07. The van der Waals surface area contributed by atoms with Crippen molar-refractivity contribution in [3.05, 3.63) is 36.4 Å². The van der Waals surface area contributed by atoms with Gasteiger partial charge in [0.25, 0.3) is 0 Å². The second kappa shape index (κ2) is 10.5. The number of nitrogens with one attached hydrogen (secondary N) is 1. The van der Waals surface area contributed by atoms with Gasteiger partial charge in [-0.3, -0.25) is 9.59 Å². The molecule has 0 bridgehead atoms. The van der Waals surface area contributed by atoms with Crippen LogP contribution in [0.3, 0.4) is 0 Å². The zero-order chi connectivity index (χ0) is 25.2. The van der Waals surface area contributed by atoms with Gasteiger partial charge >= 0.3 is 0 Å². The van der Waals surface area contributed by atoms with E-state index < -0.39 is 15.9 Å². The lowest BCUT2D eigenvalue weighted by molar-refractivity contribution is -0.123. The standard InChI is InChI=1S/C24H29N3O6S2/c1-16-15-34-22-9-7-18(35(30,31)26-10-4-5-11-26)13-19(22)27(24(16)29)14-23(28)25-17-6-8-20(32-2)21(12-17)33-3/h6-9,12-13,16H,4-5,10-11,14-15H2,1-3H3,(H,25,28). The van der Waals surface area contributed by atoms with Gasteiger partial charge in [-0.05, 0) is 43.2 Å². The van der Waals surface area contributed by atoms with E-state index in [2.05, 4.69) is 5.32 Å². The predicted octanol–water partition coefficient (Wildman–Crippen LogP) is 3.20. The Morgan fingerprint density at radius 2 is 1.80 bits per heavy atom. The van der Waals surface area contributed by atoms with E-state index in [4.69, 9.17) is 9.47 Å². The first kappa shape index (κ1) is 25.3. The molecule has 1 unspecified atom stereocenters. The Morgan fingerprint density at radius 3 is 2.49 bits per heavy atom. The zero-order valence-electron chi connectivity index (χ0n) is 19.9. The highest BCUT2D eigenvalue weighted by molar-refractivity contribution is 7.99. The first-order valence-corrected chi connectivity index (χ1v) is 13.8. The zero-order valence-corrected chi connectivity index (χ0v) is 21.6. The molecule has 2 amide bonds. The summed E-state index contributed by atoms with van der Waals surface area (Å²) in [5.41, 5.74) is 0.926. The van der Waals surface area contributed by atoms with Gasteiger partial charge < -0.3 is 19.7 Å². The molecule has 0 spiro atoms. The molecule has 1 fully saturated rings. The fourth-order valence-electron chi connectivity index (χ4n) is 4.16. The number of rotatable bonds is 7. The molecule has 1 N–H and O–H groups in total. The first-order valence-electron chi connectivity index (χ1n) is 11.3. The van der Waals surface area contributed by atoms with E-state index in [1.807, 2.05) is 6.92 Å². The van der Waals surface area contributed by atoms with E-state index in [9.17, 15) is 18.0 Å². The topological polar surface area (TPSA) is 105 Å². The van der Waals surface area contributed by atoms with E-state index in [-0.39, 0.29) is 23.3 Å². The van der Waals surface area contributed by atoms with Gasteiger partial charge in [0.1, 0.15) is 6.54 Å². The van der Waals surface area contributed by atoms with Crippen LogP contribution >= 0.6 is 11.8 Å². The highest BCUT2D eigenvalue weighted by atomic mass is 32.2. The van der Waals surface area contributed by atoms with Gasteiger partial charge in [-0.25, -0.2) is 8.42 Å². The summed E-state index contributed by atoms with van der Waals surface area (Å²) in [5, 5.41) is 2.79. The Bertz CT molecular complexity index is 1230. The van der Waals surface area contributed by atoms with E-state index >= 15 is 0 Å². The lowest BCUT2D eigenvalue weighted by Gasteiger charge is -2.25. The Labute approximate surface area is 209 Å². The van der Waals surface area contributed by atoms with Crippen LogP contribution in [0.1, 0.15) is 19.8 Å². The fourth-order valence-corrected chi connectivity index (χ4v) is 6.75. The van der Waals surface area contributed by atoms with E-state index in [0.29, 0.717) is 41.7 Å². The summed E-state index contributed by atoms with van der Waals surface area (Å²) in [7, 11) is -0.643. The van der Waals surface area contributed by atoms with Crippen molar-refractivity contribution in [2.45, 2.75) is 29.6 Å². The lowest BCUT2D eigenvalue weighted by Crippen LogP contribution is -2.41. The molecular formula is C24H29N3O6S2. The molecule has 35 heavy (non-hydrogen) atoms. The number of thioether (sulfide) groups is 1. The smallest absolute Gasteiger partial charge is 0.244 e. The quantitative estimate of drug-likeness (QED) is 0.599. The van der Waals surface area contributed by atoms with Crippen LogP contribution < -0.4 is 19.7 Å². The van der Waals surface area contributed by atoms with Crippen LogP contribution in [0.2, 0.25) is 0 Å². The number of anilines is 2. The molecule has 2 aromatic carbocycles. The maximum absolute atomic E-state index is 13.2. The first-order chi connectivity index (χ1) is 16.7. The molecular weight excluding hydrogens is 490 g/mol. The summed E-state index contributed by atoms with van der Waals surface area (Å²) >= 11 is 1.48. The van der Waals surface area contributed by atoms with Crippen molar-refractivity contribution in [1.82, 2.24) is 4.31 Å². The minimum atomic E-state index is -3.67. The summed E-state index contributed by atoms with van der Waals surface area (Å²) < 4.78 is 38.3. The lowest BCUT2D eigenvalue weighted by atomic mass is 10.1. The number of ether oxygens (including phenoxy) is 2. The highest BCUT2D eigenvalue weighted by Crippen LogP contribution is 2.38. The molecule has 11 heteroatoms. The third kappa shape index (κ3) is 5.26. The average Bonchev–Trinajstić information content (AvgIpc) is 3.38. The Hall–Kier alpha value is -2.76. The third-order valence-corrected chi connectivity index (χ3v) is 9.29. The molecule has 0 aromatic heterocycles. The van der Waals surface area contributed by atoms with Crippen molar-refractivity contribution in [1.29, 1.82) is 0 Å². The molecule has 4 rings (SSSR count). The van der Waals surface area contributed by atoms with Crippen LogP contribution in [0, 0.1) is 5.92 Å². The number of carbonyl (C=O) groups excluding carboxylic acids is 2. The van der Waals surface area contributed by atoms with E-state index in [1.54, 1.807) is 30.3 Å². The van der Waals surface area contributed by atoms with Crippen molar-refractivity contribution in [2.75, 3.05) is 49.8 Å². The van der Waals surface area contributed by atoms with Crippen LogP contribution in [0.4, 0.5) is 11.4 Å². The number of hydrogen-bond acceptors (Lipinski definition) is 7. The molecule has 2 aliphatic rings. The Balaban J connectivity index is 1.62. The van der Waals surface area contributed by atoms with Gasteiger partial charge in [-0.15, -0.1) is 11.8 Å². The van der Waals surface area contributed by atoms with Crippen LogP contribution in [-0.2, 0) is 19.6 Å². The minimum Gasteiger partial charge on any atom is -0.493 e. The molecule has 1 atom stereocenters. The van der Waals surface area contributed by atoms with Gasteiger partial charge in [-0.1, -0.05) is 6.92 Å². The van der Waals surface area contributed by atoms with E-state index in [0.717, 1.165) is 17.7 Å². The summed E-state index contributed by atoms with van der Waals surface area (Å²) in [6.45, 7) is 2.53. The number of sulfonamides is 1. The molecule has 0 saturated carbocycles. The predicted molar refractivity (Wildman–Crippen MR) is 135 cm³/mol. The maximum Gasteiger partial charge on any atom is 0.244 e. The van der Waals surface area contributed by atoms with Gasteiger partial charge in [-0.2, -0.15) is 4.31 Å². The minimum absolute atomic E-state index is 0.131. The number of methoxy groups -OCH3 is 2. The summed E-state index contributed by atoms with van der Waals surface area (Å²) in [5.74, 6) is 0.554. The fraction of sp³-hybridized carbons (Fsp3) is 0.417. The van der Waals surface area contributed by atoms with Gasteiger partial charge in [0.15, 0.2) is 11.5 Å². The number of hydrogen-bond donors (Lipinski definition) is 1. The molecule has 0 radical (unpaired) electrons. The maximum atomic E-state index is 13.2. The van der Waals surface area contributed by atoms with Crippen molar-refractivity contribution < 1.29 is 27.5 Å². The summed E-state index contributed by atoms with van der Waals surface area (Å²) in [6, 6.07) is 9.82. The molecule has 1 saturated heterocycles. The van der Waals surface area contributed by atoms with Crippen LogP contribution in [0.25, 0.3) is 0 Å². The normalized spacial score (nSPS) is 18.7. The summed E-state index contributed by atoms with van der Waals surface area (Å²) in [6.07, 6.45) is 1.66. The SMILES string of the molecule is COc1ccc(NC(=O)CN2C(=O)C(C)CSc3ccc(S(=O)(=O)N4CCCC4)cc32)cc1OC. The molecule has 188 valence electrons. The monoisotopic (exact) mass is 519 g/mol. The van der Waals surface area contributed by atoms with Crippen molar-refractivity contribution in [3.63, 3.8) is 0 Å². The van der Waals surface area contributed by atoms with Crippen molar-refractivity contribution in [2.24, 2.45) is 5.92 Å². The highest BCUT2D eigenvalue weighted by Gasteiger charge is 2.33. The van der Waals surface area contributed by atoms with Gasteiger partial charge in [0.2, 0.25) is 21.8 Å². The van der Waals surface area contributed by atoms with Gasteiger partial charge in [0.05, 0.1) is 24.8 Å². The Kier molecular flexibility index (Phi) is 7.58. The number of nitrogens with zero attached hydrogens (tertiary/aromatic N) is 2. The van der Waals surface area contributed by atoms with Gasteiger partial charge in [0, 0.05) is 41.4 Å². The van der Waals surface area contributed by atoms with Crippen LogP contribution in [0.5, 0.6) is 11.5 Å². The van der Waals surface area contributed by atoms with Crippen LogP contribution in [-0.4, -0.2) is 64.1 Å².